The van der Waals surface area contributed by atoms with Gasteiger partial charge in [-0.1, -0.05) is 44.2 Å². The minimum Gasteiger partial charge on any atom is -0.288 e. The van der Waals surface area contributed by atoms with Gasteiger partial charge in [-0.3, -0.25) is 29.4 Å². The normalized spacial score (nSPS) is 24.5. The number of nitrogens with zero attached hydrogens (tertiary/aromatic N) is 1. The predicted molar refractivity (Wildman–Crippen MR) is 131 cm³/mol. The lowest BCUT2D eigenvalue weighted by Gasteiger charge is -2.35. The van der Waals surface area contributed by atoms with E-state index in [0.29, 0.717) is 22.3 Å². The largest absolute Gasteiger partial charge is 0.288 e. The third-order valence-corrected chi connectivity index (χ3v) is 8.56. The van der Waals surface area contributed by atoms with E-state index in [-0.39, 0.29) is 17.9 Å². The molecule has 6 heteroatoms. The summed E-state index contributed by atoms with van der Waals surface area (Å²) in [7, 11) is 0. The molecule has 2 aliphatic heterocycles. The molecule has 35 heavy (non-hydrogen) atoms. The van der Waals surface area contributed by atoms with Crippen molar-refractivity contribution in [2.24, 2.45) is 11.8 Å². The average molecular weight is 471 g/mol. The summed E-state index contributed by atoms with van der Waals surface area (Å²) in [6, 6.07) is 10.3. The Bertz CT molecular complexity index is 1240. The number of benzene rings is 2. The maximum absolute atomic E-state index is 13.4. The van der Waals surface area contributed by atoms with Crippen LogP contribution in [0.1, 0.15) is 106 Å². The van der Waals surface area contributed by atoms with Gasteiger partial charge in [0, 0.05) is 6.04 Å². The van der Waals surface area contributed by atoms with Crippen LogP contribution in [0.15, 0.2) is 36.4 Å². The van der Waals surface area contributed by atoms with Crippen LogP contribution in [0.2, 0.25) is 0 Å². The first-order chi connectivity index (χ1) is 17.0. The van der Waals surface area contributed by atoms with Gasteiger partial charge in [0.15, 0.2) is 0 Å². The fourth-order valence-electron chi connectivity index (χ4n) is 6.65. The van der Waals surface area contributed by atoms with Gasteiger partial charge in [-0.05, 0) is 79.3 Å². The topological polar surface area (TPSA) is 83.6 Å². The van der Waals surface area contributed by atoms with Crippen LogP contribution in [0.5, 0.6) is 0 Å². The molecule has 2 heterocycles. The highest BCUT2D eigenvalue weighted by atomic mass is 16.2. The van der Waals surface area contributed by atoms with Crippen LogP contribution < -0.4 is 5.32 Å². The molecule has 2 aromatic carbocycles. The smallest absolute Gasteiger partial charge is 0.261 e. The number of hydrogen-bond acceptors (Lipinski definition) is 4. The van der Waals surface area contributed by atoms with Crippen molar-refractivity contribution in [3.63, 3.8) is 0 Å². The summed E-state index contributed by atoms with van der Waals surface area (Å²) in [5.41, 5.74) is 3.06. The summed E-state index contributed by atoms with van der Waals surface area (Å²) >= 11 is 0. The molecule has 0 aromatic heterocycles. The molecular formula is C29H30N2O4. The number of nitrogens with one attached hydrogen (secondary N) is 1. The molecule has 180 valence electrons. The zero-order valence-corrected chi connectivity index (χ0v) is 19.8. The van der Waals surface area contributed by atoms with Crippen LogP contribution in [0.3, 0.4) is 0 Å². The minimum absolute atomic E-state index is 0.0249. The highest BCUT2D eigenvalue weighted by molar-refractivity contribution is 6.23. The summed E-state index contributed by atoms with van der Waals surface area (Å²) in [5, 5.41) is 2.30. The van der Waals surface area contributed by atoms with Crippen molar-refractivity contribution >= 4 is 23.6 Å². The number of amides is 4. The van der Waals surface area contributed by atoms with Gasteiger partial charge in [-0.15, -0.1) is 0 Å². The van der Waals surface area contributed by atoms with Crippen molar-refractivity contribution in [3.05, 3.63) is 58.7 Å². The zero-order chi connectivity index (χ0) is 24.1. The van der Waals surface area contributed by atoms with Gasteiger partial charge in [-0.25, -0.2) is 0 Å². The molecule has 1 N–H and O–H groups in total. The van der Waals surface area contributed by atoms with E-state index < -0.39 is 11.8 Å². The van der Waals surface area contributed by atoms with E-state index in [4.69, 9.17) is 0 Å². The van der Waals surface area contributed by atoms with Crippen molar-refractivity contribution in [1.82, 2.24) is 10.2 Å². The molecule has 0 spiro atoms. The molecule has 0 atom stereocenters. The Morgan fingerprint density at radius 1 is 0.629 bits per heavy atom. The second-order valence-electron chi connectivity index (χ2n) is 10.7. The molecule has 6 rings (SSSR count). The number of carbonyl (C=O) groups is 4. The predicted octanol–water partition coefficient (Wildman–Crippen LogP) is 5.36. The first kappa shape index (κ1) is 22.2. The number of hydrogen-bond donors (Lipinski definition) is 1. The highest BCUT2D eigenvalue weighted by Crippen LogP contribution is 2.39. The lowest BCUT2D eigenvalue weighted by molar-refractivity contribution is 0.0521. The first-order valence-corrected chi connectivity index (χ1v) is 13.0. The standard InChI is InChI=1S/C29H30N2O4/c32-26-22-12-8-19(15-24(22)27(33)30-26)20-9-13-23-25(16-20)29(35)31(28(23)34)21-10-6-18(7-11-21)14-17-4-2-1-3-5-17/h8-9,12-13,15-18,21H,1-7,10-11,14H2,(H,30,32,33). The van der Waals surface area contributed by atoms with E-state index in [1.165, 1.54) is 43.4 Å². The maximum Gasteiger partial charge on any atom is 0.261 e. The van der Waals surface area contributed by atoms with Crippen molar-refractivity contribution < 1.29 is 19.2 Å². The summed E-state index contributed by atoms with van der Waals surface area (Å²) < 4.78 is 0. The Morgan fingerprint density at radius 3 is 1.91 bits per heavy atom. The van der Waals surface area contributed by atoms with Crippen LogP contribution >= 0.6 is 0 Å². The lowest BCUT2D eigenvalue weighted by atomic mass is 9.76. The SMILES string of the molecule is O=C1NC(=O)c2cc(-c3ccc4c(c3)C(=O)N(C3CCC(CC5CCCCC5)CC3)C4=O)ccc21. The number of imide groups is 2. The second kappa shape index (κ2) is 8.74. The van der Waals surface area contributed by atoms with Crippen LogP contribution in [0.25, 0.3) is 11.1 Å². The number of rotatable bonds is 4. The van der Waals surface area contributed by atoms with Gasteiger partial charge in [-0.2, -0.15) is 0 Å². The third-order valence-electron chi connectivity index (χ3n) is 8.56. The molecule has 2 fully saturated rings. The van der Waals surface area contributed by atoms with E-state index in [0.717, 1.165) is 48.6 Å². The molecular weight excluding hydrogens is 440 g/mol. The van der Waals surface area contributed by atoms with Crippen molar-refractivity contribution in [3.8, 4) is 11.1 Å². The summed E-state index contributed by atoms with van der Waals surface area (Å²) in [6.07, 6.45) is 12.1. The molecule has 4 aliphatic rings. The van der Waals surface area contributed by atoms with Gasteiger partial charge in [0.2, 0.25) is 0 Å². The lowest BCUT2D eigenvalue weighted by Crippen LogP contribution is -2.42. The molecule has 2 aliphatic carbocycles. The fourth-order valence-corrected chi connectivity index (χ4v) is 6.65. The van der Waals surface area contributed by atoms with Gasteiger partial charge < -0.3 is 0 Å². The van der Waals surface area contributed by atoms with Crippen molar-refractivity contribution in [2.75, 3.05) is 0 Å². The van der Waals surface area contributed by atoms with E-state index in [9.17, 15) is 19.2 Å². The molecule has 0 bridgehead atoms. The van der Waals surface area contributed by atoms with Gasteiger partial charge in [0.1, 0.15) is 0 Å². The molecule has 2 aromatic rings. The summed E-state index contributed by atoms with van der Waals surface area (Å²) in [6.45, 7) is 0. The van der Waals surface area contributed by atoms with Gasteiger partial charge >= 0.3 is 0 Å². The highest BCUT2D eigenvalue weighted by Gasteiger charge is 2.41. The Balaban J connectivity index is 1.17. The Labute approximate surface area is 205 Å². The molecule has 0 radical (unpaired) electrons. The Morgan fingerprint density at radius 2 is 1.20 bits per heavy atom. The molecule has 6 nitrogen and oxygen atoms in total. The third kappa shape index (κ3) is 3.89. The van der Waals surface area contributed by atoms with Crippen molar-refractivity contribution in [1.29, 1.82) is 0 Å². The van der Waals surface area contributed by atoms with Crippen LogP contribution in [0, 0.1) is 11.8 Å². The van der Waals surface area contributed by atoms with Gasteiger partial charge in [0.25, 0.3) is 23.6 Å². The van der Waals surface area contributed by atoms with Gasteiger partial charge in [0.05, 0.1) is 22.3 Å². The van der Waals surface area contributed by atoms with E-state index >= 15 is 0 Å². The minimum atomic E-state index is -0.412. The Kier molecular flexibility index (Phi) is 5.54. The van der Waals surface area contributed by atoms with Crippen LogP contribution in [-0.4, -0.2) is 34.6 Å². The quantitative estimate of drug-likeness (QED) is 0.610. The summed E-state index contributed by atoms with van der Waals surface area (Å²) in [5.74, 6) is 0.384. The average Bonchev–Trinajstić information content (AvgIpc) is 3.31. The summed E-state index contributed by atoms with van der Waals surface area (Å²) in [4.78, 5) is 52.0. The molecule has 0 saturated heterocycles. The molecule has 0 unspecified atom stereocenters. The molecule has 4 amide bonds. The fraction of sp³-hybridized carbons (Fsp3) is 0.448. The van der Waals surface area contributed by atoms with Crippen LogP contribution in [-0.2, 0) is 0 Å². The first-order valence-electron chi connectivity index (χ1n) is 13.0. The monoisotopic (exact) mass is 470 g/mol. The zero-order valence-electron chi connectivity index (χ0n) is 19.8. The number of fused-ring (bicyclic) bond motifs is 2. The number of carbonyl (C=O) groups excluding carboxylic acids is 4. The molecule has 2 saturated carbocycles. The van der Waals surface area contributed by atoms with Crippen LogP contribution in [0.4, 0.5) is 0 Å². The second-order valence-corrected chi connectivity index (χ2v) is 10.7. The maximum atomic E-state index is 13.4. The van der Waals surface area contributed by atoms with E-state index in [1.807, 2.05) is 6.07 Å². The van der Waals surface area contributed by atoms with E-state index in [1.54, 1.807) is 30.3 Å². The van der Waals surface area contributed by atoms with E-state index in [2.05, 4.69) is 5.32 Å². The van der Waals surface area contributed by atoms with Crippen molar-refractivity contribution in [2.45, 2.75) is 70.3 Å². The Hall–Kier alpha value is -3.28.